The molecule has 0 radical (unpaired) electrons. The van der Waals surface area contributed by atoms with Gasteiger partial charge in [-0.1, -0.05) is 19.1 Å². The van der Waals surface area contributed by atoms with Crippen LogP contribution in [-0.4, -0.2) is 85.2 Å². The number of fused-ring (bicyclic) bond motifs is 4. The van der Waals surface area contributed by atoms with Crippen molar-refractivity contribution in [1.29, 1.82) is 0 Å². The molecule has 0 bridgehead atoms. The van der Waals surface area contributed by atoms with Crippen molar-refractivity contribution in [2.75, 3.05) is 33.4 Å². The first kappa shape index (κ1) is 28.1. The number of methoxy groups -OCH3 is 1. The minimum absolute atomic E-state index is 0.0301. The zero-order valence-corrected chi connectivity index (χ0v) is 22.6. The lowest BCUT2D eigenvalue weighted by Crippen LogP contribution is -2.59. The molecular weight excluding hydrogens is 490 g/mol. The number of hydrogen-bond acceptors (Lipinski definition) is 9. The Morgan fingerprint density at radius 3 is 2.39 bits per heavy atom. The van der Waals surface area contributed by atoms with E-state index in [1.165, 1.54) is 14.0 Å². The van der Waals surface area contributed by atoms with E-state index in [4.69, 9.17) is 14.2 Å². The number of Topliss-reactive ketones (excluding diaryl/α,β-unsaturated/α-hetero) is 2. The van der Waals surface area contributed by atoms with Gasteiger partial charge in [0.05, 0.1) is 23.7 Å². The molecule has 1 N–H and O–H groups in total. The highest BCUT2D eigenvalue weighted by molar-refractivity contribution is 6.51. The first-order valence-electron chi connectivity index (χ1n) is 13.0. The van der Waals surface area contributed by atoms with Crippen molar-refractivity contribution >= 4 is 23.5 Å². The smallest absolute Gasteiger partial charge is 0.336 e. The maximum atomic E-state index is 14.0. The lowest BCUT2D eigenvalue weighted by molar-refractivity contribution is -0.162. The fourth-order valence-electron chi connectivity index (χ4n) is 7.13. The Morgan fingerprint density at radius 1 is 1.16 bits per heavy atom. The molecular formula is C29H37NO8. The molecule has 0 amide bonds. The number of ether oxygens (including phenoxy) is 3. The molecule has 6 atom stereocenters. The number of ketones is 2. The van der Waals surface area contributed by atoms with E-state index < -0.39 is 58.6 Å². The van der Waals surface area contributed by atoms with Crippen LogP contribution in [0.1, 0.15) is 40.0 Å². The van der Waals surface area contributed by atoms with E-state index in [9.17, 15) is 24.3 Å². The van der Waals surface area contributed by atoms with Crippen LogP contribution in [-0.2, 0) is 33.4 Å². The van der Waals surface area contributed by atoms with E-state index >= 15 is 0 Å². The number of hydrogen-bond donors (Lipinski definition) is 1. The average molecular weight is 528 g/mol. The van der Waals surface area contributed by atoms with Gasteiger partial charge in [-0.3, -0.25) is 19.3 Å². The molecule has 1 heterocycles. The number of esters is 2. The van der Waals surface area contributed by atoms with Gasteiger partial charge in [0.2, 0.25) is 11.6 Å². The van der Waals surface area contributed by atoms with Crippen molar-refractivity contribution in [3.8, 4) is 0 Å². The fourth-order valence-corrected chi connectivity index (χ4v) is 7.13. The highest BCUT2D eigenvalue weighted by Gasteiger charge is 2.65. The summed E-state index contributed by atoms with van der Waals surface area (Å²) in [5.74, 6) is -3.10. The van der Waals surface area contributed by atoms with Crippen molar-refractivity contribution < 1.29 is 38.5 Å². The van der Waals surface area contributed by atoms with Crippen LogP contribution in [0.5, 0.6) is 0 Å². The van der Waals surface area contributed by atoms with E-state index in [2.05, 4.69) is 13.2 Å². The topological polar surface area (TPSA) is 119 Å². The fraction of sp³-hybridized carbons (Fsp3) is 0.586. The second kappa shape index (κ2) is 10.4. The predicted octanol–water partition coefficient (Wildman–Crippen LogP) is 2.10. The molecule has 0 aromatic carbocycles. The Balaban J connectivity index is 2.02. The van der Waals surface area contributed by atoms with E-state index in [1.807, 2.05) is 11.8 Å². The minimum Gasteiger partial charge on any atom is -0.458 e. The quantitative estimate of drug-likeness (QED) is 0.273. The van der Waals surface area contributed by atoms with Crippen molar-refractivity contribution in [2.45, 2.75) is 58.3 Å². The maximum Gasteiger partial charge on any atom is 0.336 e. The molecule has 1 saturated carbocycles. The van der Waals surface area contributed by atoms with Crippen LogP contribution in [0, 0.1) is 16.7 Å². The van der Waals surface area contributed by atoms with Crippen LogP contribution >= 0.6 is 0 Å². The molecule has 0 spiro atoms. The molecule has 0 aromatic rings. The third kappa shape index (κ3) is 4.21. The lowest BCUT2D eigenvalue weighted by Gasteiger charge is -2.54. The number of allylic oxidation sites excluding steroid dienone is 1. The van der Waals surface area contributed by atoms with Crippen LogP contribution < -0.4 is 0 Å². The van der Waals surface area contributed by atoms with Crippen LogP contribution in [0.3, 0.4) is 0 Å². The number of aliphatic hydroxyl groups is 1. The van der Waals surface area contributed by atoms with E-state index in [0.717, 1.165) is 0 Å². The van der Waals surface area contributed by atoms with Gasteiger partial charge in [-0.15, -0.1) is 13.2 Å². The molecule has 206 valence electrons. The maximum absolute atomic E-state index is 14.0. The van der Waals surface area contributed by atoms with Gasteiger partial charge in [-0.2, -0.15) is 0 Å². The molecule has 0 saturated heterocycles. The molecule has 4 aliphatic rings. The minimum atomic E-state index is -1.28. The molecule has 3 aliphatic carbocycles. The molecule has 9 nitrogen and oxygen atoms in total. The highest BCUT2D eigenvalue weighted by atomic mass is 16.6. The third-order valence-corrected chi connectivity index (χ3v) is 8.85. The van der Waals surface area contributed by atoms with Gasteiger partial charge in [0.25, 0.3) is 0 Å². The Morgan fingerprint density at radius 2 is 1.82 bits per heavy atom. The van der Waals surface area contributed by atoms with Crippen molar-refractivity contribution in [3.63, 3.8) is 0 Å². The highest BCUT2D eigenvalue weighted by Crippen LogP contribution is 2.62. The van der Waals surface area contributed by atoms with Gasteiger partial charge in [0.1, 0.15) is 12.2 Å². The summed E-state index contributed by atoms with van der Waals surface area (Å²) in [5, 5.41) is 10.9. The summed E-state index contributed by atoms with van der Waals surface area (Å²) in [6.07, 6.45) is 2.09. The second-order valence-electron chi connectivity index (χ2n) is 11.1. The van der Waals surface area contributed by atoms with Crippen LogP contribution in [0.15, 0.2) is 47.6 Å². The number of carbonyl (C=O) groups excluding carboxylic acids is 4. The van der Waals surface area contributed by atoms with Gasteiger partial charge in [0.15, 0.2) is 0 Å². The number of cyclic esters (lactones) is 1. The summed E-state index contributed by atoms with van der Waals surface area (Å²) < 4.78 is 17.2. The van der Waals surface area contributed by atoms with Crippen molar-refractivity contribution in [1.82, 2.24) is 4.90 Å². The number of nitrogens with zero attached hydrogens (tertiary/aromatic N) is 1. The SMILES string of the molecule is C=CCN(CC=C)CC1=C2C(=O)C(=O)C3=C(C(OC(C)=O)CC4(C)C(O)CCC34)C2(C)C(COC)OC1=O. The molecule has 0 aromatic heterocycles. The van der Waals surface area contributed by atoms with Crippen LogP contribution in [0.25, 0.3) is 0 Å². The summed E-state index contributed by atoms with van der Waals surface area (Å²) in [6, 6.07) is 0. The summed E-state index contributed by atoms with van der Waals surface area (Å²) in [4.78, 5) is 55.4. The molecule has 1 fully saturated rings. The zero-order valence-electron chi connectivity index (χ0n) is 22.6. The Kier molecular flexibility index (Phi) is 7.67. The van der Waals surface area contributed by atoms with Crippen molar-refractivity contribution in [3.05, 3.63) is 47.6 Å². The monoisotopic (exact) mass is 527 g/mol. The number of rotatable bonds is 9. The van der Waals surface area contributed by atoms with E-state index in [1.54, 1.807) is 19.1 Å². The second-order valence-corrected chi connectivity index (χ2v) is 11.1. The summed E-state index contributed by atoms with van der Waals surface area (Å²) in [6.45, 7) is 13.3. The first-order chi connectivity index (χ1) is 17.9. The average Bonchev–Trinajstić information content (AvgIpc) is 3.13. The molecule has 4 rings (SSSR count). The van der Waals surface area contributed by atoms with Crippen LogP contribution in [0.2, 0.25) is 0 Å². The van der Waals surface area contributed by atoms with E-state index in [-0.39, 0.29) is 36.3 Å². The van der Waals surface area contributed by atoms with Gasteiger partial charge in [-0.05, 0) is 37.7 Å². The van der Waals surface area contributed by atoms with Crippen LogP contribution in [0.4, 0.5) is 0 Å². The Bertz CT molecular complexity index is 1140. The van der Waals surface area contributed by atoms with E-state index in [0.29, 0.717) is 31.5 Å². The predicted molar refractivity (Wildman–Crippen MR) is 138 cm³/mol. The largest absolute Gasteiger partial charge is 0.458 e. The standard InChI is InChI=1S/C29H37NO8/c1-7-11-30(12-8-2)14-17-23-26(34)25(33)22-18-9-10-20(32)28(18,4)13-19(37-16(3)31)24(22)29(23,5)21(15-36-6)38-27(17)35/h7-8,18-21,32H,1-2,9-15H2,3-6H3. The lowest BCUT2D eigenvalue weighted by atomic mass is 9.52. The number of carbonyl (C=O) groups is 4. The molecule has 9 heteroatoms. The van der Waals surface area contributed by atoms with Gasteiger partial charge >= 0.3 is 11.9 Å². The Labute approximate surface area is 223 Å². The summed E-state index contributed by atoms with van der Waals surface area (Å²) >= 11 is 0. The Hall–Kier alpha value is -2.88. The molecule has 1 aliphatic heterocycles. The first-order valence-corrected chi connectivity index (χ1v) is 13.0. The third-order valence-electron chi connectivity index (χ3n) is 8.85. The normalized spacial score (nSPS) is 34.5. The van der Waals surface area contributed by atoms with Crippen molar-refractivity contribution in [2.24, 2.45) is 16.7 Å². The molecule has 38 heavy (non-hydrogen) atoms. The summed E-state index contributed by atoms with van der Waals surface area (Å²) in [5.41, 5.74) is -1.10. The zero-order chi connectivity index (χ0) is 28.0. The van der Waals surface area contributed by atoms with Gasteiger partial charge < -0.3 is 19.3 Å². The van der Waals surface area contributed by atoms with Gasteiger partial charge in [0, 0.05) is 50.2 Å². The number of aliphatic hydroxyl groups excluding tert-OH is 1. The molecule has 6 unspecified atom stereocenters. The van der Waals surface area contributed by atoms with Gasteiger partial charge in [-0.25, -0.2) is 4.79 Å². The summed E-state index contributed by atoms with van der Waals surface area (Å²) in [7, 11) is 1.46.